The second-order valence-corrected chi connectivity index (χ2v) is 4.83. The van der Waals surface area contributed by atoms with Crippen molar-refractivity contribution in [2.75, 3.05) is 12.5 Å². The molecule has 1 aromatic rings. The van der Waals surface area contributed by atoms with E-state index in [1.54, 1.807) is 0 Å². The van der Waals surface area contributed by atoms with E-state index in [0.717, 1.165) is 0 Å². The number of ether oxygens (including phenoxy) is 1. The van der Waals surface area contributed by atoms with E-state index in [9.17, 15) is 14.7 Å². The Kier molecular flexibility index (Phi) is 4.10. The fourth-order valence-corrected chi connectivity index (χ4v) is 2.38. The summed E-state index contributed by atoms with van der Waals surface area (Å²) < 4.78 is 6.84. The van der Waals surface area contributed by atoms with Gasteiger partial charge in [0.2, 0.25) is 0 Å². The van der Waals surface area contributed by atoms with E-state index in [1.807, 2.05) is 0 Å². The summed E-state index contributed by atoms with van der Waals surface area (Å²) in [6.45, 7) is -0.707. The molecule has 2 heterocycles. The van der Waals surface area contributed by atoms with Gasteiger partial charge < -0.3 is 14.9 Å². The SMILES string of the molecule is O=c1[nH]c(=O)n([C@H]2CC[C@](CO)(CCl)O2)cc1CO. The molecule has 0 aliphatic carbocycles. The smallest absolute Gasteiger partial charge is 0.330 e. The molecular formula is C11H15ClN2O5. The Morgan fingerprint density at radius 1 is 1.53 bits per heavy atom. The van der Waals surface area contributed by atoms with Crippen molar-refractivity contribution in [1.82, 2.24) is 9.55 Å². The molecule has 7 nitrogen and oxygen atoms in total. The van der Waals surface area contributed by atoms with Crippen LogP contribution in [0.4, 0.5) is 0 Å². The molecule has 106 valence electrons. The highest BCUT2D eigenvalue weighted by molar-refractivity contribution is 6.18. The van der Waals surface area contributed by atoms with E-state index in [4.69, 9.17) is 21.4 Å². The number of hydrogen-bond donors (Lipinski definition) is 3. The van der Waals surface area contributed by atoms with Crippen LogP contribution >= 0.6 is 11.6 Å². The number of H-pyrrole nitrogens is 1. The number of aliphatic hydroxyl groups excluding tert-OH is 2. The van der Waals surface area contributed by atoms with Crippen LogP contribution in [0.1, 0.15) is 24.6 Å². The van der Waals surface area contributed by atoms with Gasteiger partial charge in [0.05, 0.1) is 24.7 Å². The molecular weight excluding hydrogens is 276 g/mol. The fraction of sp³-hybridized carbons (Fsp3) is 0.636. The molecule has 0 unspecified atom stereocenters. The van der Waals surface area contributed by atoms with Gasteiger partial charge in [-0.05, 0) is 12.8 Å². The Morgan fingerprint density at radius 2 is 2.26 bits per heavy atom. The maximum absolute atomic E-state index is 11.7. The second kappa shape index (κ2) is 5.46. The van der Waals surface area contributed by atoms with E-state index in [2.05, 4.69) is 4.98 Å². The zero-order valence-corrected chi connectivity index (χ0v) is 10.9. The maximum atomic E-state index is 11.7. The largest absolute Gasteiger partial charge is 0.393 e. The lowest BCUT2D eigenvalue weighted by Gasteiger charge is -2.25. The first-order valence-electron chi connectivity index (χ1n) is 5.85. The van der Waals surface area contributed by atoms with Gasteiger partial charge in [0.15, 0.2) is 0 Å². The number of aromatic nitrogens is 2. The van der Waals surface area contributed by atoms with Crippen molar-refractivity contribution in [3.63, 3.8) is 0 Å². The van der Waals surface area contributed by atoms with Crippen LogP contribution in [0.5, 0.6) is 0 Å². The van der Waals surface area contributed by atoms with Gasteiger partial charge in [0.1, 0.15) is 11.8 Å². The lowest BCUT2D eigenvalue weighted by Crippen LogP contribution is -2.38. The number of rotatable bonds is 4. The summed E-state index contributed by atoms with van der Waals surface area (Å²) in [6, 6.07) is 0. The van der Waals surface area contributed by atoms with E-state index >= 15 is 0 Å². The highest BCUT2D eigenvalue weighted by Crippen LogP contribution is 2.36. The summed E-state index contributed by atoms with van der Waals surface area (Å²) >= 11 is 5.77. The molecule has 0 radical (unpaired) electrons. The van der Waals surface area contributed by atoms with Gasteiger partial charge in [0.25, 0.3) is 5.56 Å². The first-order valence-corrected chi connectivity index (χ1v) is 6.38. The quantitative estimate of drug-likeness (QED) is 0.637. The second-order valence-electron chi connectivity index (χ2n) is 4.56. The van der Waals surface area contributed by atoms with Crippen LogP contribution in [0.25, 0.3) is 0 Å². The monoisotopic (exact) mass is 290 g/mol. The minimum absolute atomic E-state index is 0.0792. The minimum Gasteiger partial charge on any atom is -0.393 e. The molecule has 19 heavy (non-hydrogen) atoms. The third-order valence-corrected chi connectivity index (χ3v) is 3.77. The Hall–Kier alpha value is -1.15. The van der Waals surface area contributed by atoms with E-state index in [-0.39, 0.29) is 18.1 Å². The Labute approximate surface area is 113 Å². The van der Waals surface area contributed by atoms with Crippen LogP contribution < -0.4 is 11.2 Å². The highest BCUT2D eigenvalue weighted by Gasteiger charge is 2.40. The zero-order valence-electron chi connectivity index (χ0n) is 10.1. The third-order valence-electron chi connectivity index (χ3n) is 3.29. The van der Waals surface area contributed by atoms with E-state index < -0.39 is 29.7 Å². The van der Waals surface area contributed by atoms with Gasteiger partial charge in [-0.15, -0.1) is 11.6 Å². The number of aliphatic hydroxyl groups is 2. The number of nitrogens with zero attached hydrogens (tertiary/aromatic N) is 1. The number of hydrogen-bond acceptors (Lipinski definition) is 5. The number of alkyl halides is 1. The molecule has 8 heteroatoms. The average Bonchev–Trinajstić information content (AvgIpc) is 2.84. The fourth-order valence-electron chi connectivity index (χ4n) is 2.10. The van der Waals surface area contributed by atoms with Gasteiger partial charge >= 0.3 is 5.69 Å². The molecule has 1 fully saturated rings. The third kappa shape index (κ3) is 2.59. The van der Waals surface area contributed by atoms with Gasteiger partial charge in [0, 0.05) is 6.20 Å². The van der Waals surface area contributed by atoms with Crippen LogP contribution in [-0.2, 0) is 11.3 Å². The number of halogens is 1. The predicted molar refractivity (Wildman–Crippen MR) is 67.1 cm³/mol. The van der Waals surface area contributed by atoms with Crippen molar-refractivity contribution in [1.29, 1.82) is 0 Å². The molecule has 0 bridgehead atoms. The van der Waals surface area contributed by atoms with Crippen molar-refractivity contribution in [3.05, 3.63) is 32.6 Å². The molecule has 0 saturated carbocycles. The van der Waals surface area contributed by atoms with Crippen molar-refractivity contribution in [3.8, 4) is 0 Å². The number of aromatic amines is 1. The van der Waals surface area contributed by atoms with E-state index in [0.29, 0.717) is 12.8 Å². The Bertz CT molecular complexity index is 563. The Morgan fingerprint density at radius 3 is 2.79 bits per heavy atom. The van der Waals surface area contributed by atoms with Crippen LogP contribution in [0.15, 0.2) is 15.8 Å². The molecule has 1 aliphatic rings. The standard InChI is InChI=1S/C11H15ClN2O5/c12-5-11(6-16)2-1-8(19-11)14-3-7(4-15)9(17)13-10(14)18/h3,8,15-16H,1-2,4-6H2,(H,13,17,18)/t8-,11-/m1/s1. The molecule has 2 rings (SSSR count). The van der Waals surface area contributed by atoms with Crippen molar-refractivity contribution in [2.24, 2.45) is 0 Å². The van der Waals surface area contributed by atoms with Crippen LogP contribution in [0.2, 0.25) is 0 Å². The molecule has 1 aromatic heterocycles. The van der Waals surface area contributed by atoms with Gasteiger partial charge in [-0.2, -0.15) is 0 Å². The van der Waals surface area contributed by atoms with Gasteiger partial charge in [-0.3, -0.25) is 14.3 Å². The summed E-state index contributed by atoms with van der Waals surface area (Å²) in [4.78, 5) is 25.2. The molecule has 0 amide bonds. The van der Waals surface area contributed by atoms with Crippen molar-refractivity contribution in [2.45, 2.75) is 31.3 Å². The predicted octanol–water partition coefficient (Wildman–Crippen LogP) is -0.692. The summed E-state index contributed by atoms with van der Waals surface area (Å²) in [5.74, 6) is 0.116. The average molecular weight is 291 g/mol. The summed E-state index contributed by atoms with van der Waals surface area (Å²) in [5.41, 5.74) is -2.01. The summed E-state index contributed by atoms with van der Waals surface area (Å²) in [5, 5.41) is 18.3. The van der Waals surface area contributed by atoms with Crippen LogP contribution in [0.3, 0.4) is 0 Å². The van der Waals surface area contributed by atoms with Crippen LogP contribution in [0, 0.1) is 0 Å². The molecule has 1 saturated heterocycles. The molecule has 3 N–H and O–H groups in total. The molecule has 0 spiro atoms. The first-order chi connectivity index (χ1) is 9.05. The highest BCUT2D eigenvalue weighted by atomic mass is 35.5. The zero-order chi connectivity index (χ0) is 14.0. The van der Waals surface area contributed by atoms with Crippen LogP contribution in [-0.4, -0.2) is 37.9 Å². The topological polar surface area (TPSA) is 105 Å². The molecule has 2 atom stereocenters. The summed E-state index contributed by atoms with van der Waals surface area (Å²) in [6.07, 6.45) is 1.66. The van der Waals surface area contributed by atoms with E-state index in [1.165, 1.54) is 10.8 Å². The number of nitrogens with one attached hydrogen (secondary N) is 1. The normalized spacial score (nSPS) is 26.8. The lowest BCUT2D eigenvalue weighted by atomic mass is 10.0. The maximum Gasteiger partial charge on any atom is 0.330 e. The first kappa shape index (κ1) is 14.3. The molecule has 1 aliphatic heterocycles. The summed E-state index contributed by atoms with van der Waals surface area (Å²) in [7, 11) is 0. The van der Waals surface area contributed by atoms with Gasteiger partial charge in [-0.1, -0.05) is 0 Å². The van der Waals surface area contributed by atoms with Gasteiger partial charge in [-0.25, -0.2) is 4.79 Å². The van der Waals surface area contributed by atoms with Crippen molar-refractivity contribution < 1.29 is 14.9 Å². The lowest BCUT2D eigenvalue weighted by molar-refractivity contribution is -0.0861. The Balaban J connectivity index is 2.34. The van der Waals surface area contributed by atoms with Crippen molar-refractivity contribution >= 4 is 11.6 Å². The minimum atomic E-state index is -0.860. The molecule has 0 aromatic carbocycles.